The van der Waals surface area contributed by atoms with Gasteiger partial charge >= 0.3 is 17.6 Å². The molecule has 2 aromatic rings. The maximum absolute atomic E-state index is 13.0. The normalized spacial score (nSPS) is 21.9. The Labute approximate surface area is 201 Å². The van der Waals surface area contributed by atoms with Crippen LogP contribution in [0.5, 0.6) is 0 Å². The highest BCUT2D eigenvalue weighted by Crippen LogP contribution is 2.35. The van der Waals surface area contributed by atoms with Crippen LogP contribution in [0.2, 0.25) is 0 Å². The number of anilines is 1. The van der Waals surface area contributed by atoms with Gasteiger partial charge in [0.15, 0.2) is 12.3 Å². The number of nitrogens with two attached hydrogens (primary N) is 1. The molecule has 35 heavy (non-hydrogen) atoms. The van der Waals surface area contributed by atoms with Gasteiger partial charge in [0.2, 0.25) is 0 Å². The summed E-state index contributed by atoms with van der Waals surface area (Å²) < 4.78 is 48.7. The maximum atomic E-state index is 13.0. The number of aryl methyl sites for hydroxylation is 1. The molecule has 0 amide bonds. The zero-order valence-corrected chi connectivity index (χ0v) is 20.1. The zero-order chi connectivity index (χ0) is 25.9. The summed E-state index contributed by atoms with van der Waals surface area (Å²) in [5, 5.41) is 0. The van der Waals surface area contributed by atoms with Crippen LogP contribution in [0.15, 0.2) is 46.7 Å². The van der Waals surface area contributed by atoms with Crippen molar-refractivity contribution in [1.29, 1.82) is 0 Å². The molecule has 2 N–H and O–H groups in total. The van der Waals surface area contributed by atoms with E-state index in [0.717, 1.165) is 24.0 Å². The first-order valence-corrected chi connectivity index (χ1v) is 11.8. The molecule has 1 aliphatic heterocycles. The third kappa shape index (κ3) is 5.93. The molecule has 3 rings (SSSR count). The van der Waals surface area contributed by atoms with E-state index in [4.69, 9.17) is 24.1 Å². The molecular formula is C22H25N3O9S. The second-order valence-corrected chi connectivity index (χ2v) is 9.32. The van der Waals surface area contributed by atoms with Crippen molar-refractivity contribution in [1.82, 2.24) is 9.55 Å². The van der Waals surface area contributed by atoms with Crippen LogP contribution >= 0.6 is 0 Å². The van der Waals surface area contributed by atoms with Gasteiger partial charge in [0, 0.05) is 25.6 Å². The molecule has 1 fully saturated rings. The van der Waals surface area contributed by atoms with Crippen molar-refractivity contribution in [3.8, 4) is 0 Å². The summed E-state index contributed by atoms with van der Waals surface area (Å²) in [6, 6.07) is 5.87. The Hall–Kier alpha value is -3.55. The van der Waals surface area contributed by atoms with Crippen molar-refractivity contribution in [2.75, 3.05) is 12.3 Å². The van der Waals surface area contributed by atoms with Gasteiger partial charge in [-0.05, 0) is 19.1 Å². The van der Waals surface area contributed by atoms with Crippen LogP contribution in [0.25, 0.3) is 6.08 Å². The third-order valence-electron chi connectivity index (χ3n) is 5.09. The van der Waals surface area contributed by atoms with Crippen LogP contribution < -0.4 is 11.4 Å². The molecule has 0 radical (unpaired) electrons. The summed E-state index contributed by atoms with van der Waals surface area (Å²) in [5.41, 5.74) is 5.97. The van der Waals surface area contributed by atoms with E-state index in [1.54, 1.807) is 19.1 Å². The van der Waals surface area contributed by atoms with Crippen molar-refractivity contribution in [3.63, 3.8) is 0 Å². The minimum atomic E-state index is -4.39. The molecule has 0 bridgehead atoms. The smallest absolute Gasteiger partial charge is 0.351 e. The van der Waals surface area contributed by atoms with Crippen LogP contribution in [0.3, 0.4) is 0 Å². The molecule has 12 nitrogen and oxygen atoms in total. The van der Waals surface area contributed by atoms with E-state index in [1.807, 2.05) is 0 Å². The van der Waals surface area contributed by atoms with Crippen molar-refractivity contribution in [2.45, 2.75) is 50.2 Å². The lowest BCUT2D eigenvalue weighted by Gasteiger charge is -2.24. The fourth-order valence-electron chi connectivity index (χ4n) is 3.44. The summed E-state index contributed by atoms with van der Waals surface area (Å²) in [5.74, 6) is -1.55. The Kier molecular flexibility index (Phi) is 7.73. The third-order valence-corrected chi connectivity index (χ3v) is 6.42. The monoisotopic (exact) mass is 507 g/mol. The van der Waals surface area contributed by atoms with Gasteiger partial charge in [-0.15, -0.1) is 0 Å². The lowest BCUT2D eigenvalue weighted by atomic mass is 10.1. The predicted molar refractivity (Wildman–Crippen MR) is 122 cm³/mol. The molecule has 0 aliphatic carbocycles. The molecule has 188 valence electrons. The van der Waals surface area contributed by atoms with Gasteiger partial charge in [0.1, 0.15) is 24.6 Å². The quantitative estimate of drug-likeness (QED) is 0.399. The summed E-state index contributed by atoms with van der Waals surface area (Å²) >= 11 is 0. The van der Waals surface area contributed by atoms with E-state index >= 15 is 0 Å². The van der Waals surface area contributed by atoms with Crippen molar-refractivity contribution in [3.05, 3.63) is 58.7 Å². The van der Waals surface area contributed by atoms with Crippen molar-refractivity contribution >= 4 is 34.0 Å². The number of hydrogen-bond acceptors (Lipinski definition) is 11. The van der Waals surface area contributed by atoms with E-state index in [0.29, 0.717) is 0 Å². The highest BCUT2D eigenvalue weighted by atomic mass is 32.2. The SMILES string of the molecule is C=Cc1cn([C@@H]2O[C@H](COC(C)=O)[C@H](OS(=O)(=O)c3ccc(C)cc3)[C@H]2OC(C)=O)c(=O)nc1N. The number of aromatic nitrogens is 2. The minimum Gasteiger partial charge on any atom is -0.463 e. The standard InChI is InChI=1S/C22H25N3O9S/c1-5-15-10-25(22(28)24-20(15)23)21-19(32-14(4)27)18(17(33-21)11-31-13(3)26)34-35(29,30)16-8-6-12(2)7-9-16/h5-10,17-19,21H,1,11H2,2-4H3,(H2,23,24,28)/t17-,18+,19-,21-/m1/s1. The van der Waals surface area contributed by atoms with Gasteiger partial charge in [-0.2, -0.15) is 13.4 Å². The second kappa shape index (κ2) is 10.4. The summed E-state index contributed by atoms with van der Waals surface area (Å²) in [6.07, 6.45) is -2.90. The van der Waals surface area contributed by atoms with Crippen LogP contribution in [-0.2, 0) is 38.1 Å². The topological polar surface area (TPSA) is 166 Å². The highest BCUT2D eigenvalue weighted by Gasteiger charge is 2.51. The average molecular weight is 508 g/mol. The number of ether oxygens (including phenoxy) is 3. The summed E-state index contributed by atoms with van der Waals surface area (Å²) in [4.78, 5) is 39.5. The number of nitrogens with zero attached hydrogens (tertiary/aromatic N) is 2. The summed E-state index contributed by atoms with van der Waals surface area (Å²) in [6.45, 7) is 7.20. The van der Waals surface area contributed by atoms with Crippen LogP contribution in [0, 0.1) is 6.92 Å². The molecular weight excluding hydrogens is 482 g/mol. The molecule has 4 atom stereocenters. The molecule has 1 saturated heterocycles. The van der Waals surface area contributed by atoms with E-state index in [-0.39, 0.29) is 16.3 Å². The van der Waals surface area contributed by atoms with E-state index in [2.05, 4.69) is 11.6 Å². The van der Waals surface area contributed by atoms with Crippen molar-refractivity contribution < 1.29 is 36.4 Å². The van der Waals surface area contributed by atoms with Gasteiger partial charge in [-0.1, -0.05) is 30.4 Å². The first kappa shape index (κ1) is 26.1. The summed E-state index contributed by atoms with van der Waals surface area (Å²) in [7, 11) is -4.39. The first-order chi connectivity index (χ1) is 16.4. The molecule has 1 aliphatic rings. The fraction of sp³-hybridized carbons (Fsp3) is 0.364. The molecule has 0 saturated carbocycles. The van der Waals surface area contributed by atoms with E-state index in [9.17, 15) is 22.8 Å². The van der Waals surface area contributed by atoms with E-state index < -0.39 is 58.9 Å². The number of benzene rings is 1. The van der Waals surface area contributed by atoms with Gasteiger partial charge in [-0.3, -0.25) is 18.3 Å². The Bertz CT molecular complexity index is 1290. The van der Waals surface area contributed by atoms with Gasteiger partial charge in [-0.25, -0.2) is 4.79 Å². The maximum Gasteiger partial charge on any atom is 0.351 e. The molecule has 0 spiro atoms. The van der Waals surface area contributed by atoms with Crippen LogP contribution in [0.4, 0.5) is 5.82 Å². The number of carbonyl (C=O) groups excluding carboxylic acids is 2. The molecule has 2 heterocycles. The van der Waals surface area contributed by atoms with E-state index in [1.165, 1.54) is 24.4 Å². The number of esters is 2. The number of nitrogen functional groups attached to an aromatic ring is 1. The largest absolute Gasteiger partial charge is 0.463 e. The van der Waals surface area contributed by atoms with Crippen molar-refractivity contribution in [2.24, 2.45) is 0 Å². The van der Waals surface area contributed by atoms with Gasteiger partial charge in [0.25, 0.3) is 10.1 Å². The number of carbonyl (C=O) groups is 2. The predicted octanol–water partition coefficient (Wildman–Crippen LogP) is 0.943. The Morgan fingerprint density at radius 3 is 2.43 bits per heavy atom. The molecule has 1 aromatic carbocycles. The Morgan fingerprint density at radius 1 is 1.20 bits per heavy atom. The lowest BCUT2D eigenvalue weighted by Crippen LogP contribution is -2.42. The Balaban J connectivity index is 2.07. The Morgan fingerprint density at radius 2 is 1.86 bits per heavy atom. The highest BCUT2D eigenvalue weighted by molar-refractivity contribution is 7.86. The average Bonchev–Trinajstić information content (AvgIpc) is 3.08. The second-order valence-electron chi connectivity index (χ2n) is 7.75. The van der Waals surface area contributed by atoms with Gasteiger partial charge < -0.3 is 19.9 Å². The van der Waals surface area contributed by atoms with Gasteiger partial charge in [0.05, 0.1) is 4.90 Å². The minimum absolute atomic E-state index is 0.0884. The van der Waals surface area contributed by atoms with Crippen LogP contribution in [-0.4, -0.2) is 54.8 Å². The number of rotatable bonds is 8. The zero-order valence-electron chi connectivity index (χ0n) is 19.2. The molecule has 1 aromatic heterocycles. The first-order valence-electron chi connectivity index (χ1n) is 10.4. The lowest BCUT2D eigenvalue weighted by molar-refractivity contribution is -0.155. The molecule has 13 heteroatoms. The fourth-order valence-corrected chi connectivity index (χ4v) is 4.55. The number of hydrogen-bond donors (Lipinski definition) is 1. The molecule has 0 unspecified atom stereocenters. The van der Waals surface area contributed by atoms with Crippen LogP contribution in [0.1, 0.15) is 31.2 Å².